The summed E-state index contributed by atoms with van der Waals surface area (Å²) < 4.78 is 0. The van der Waals surface area contributed by atoms with E-state index in [9.17, 15) is 4.79 Å². The Morgan fingerprint density at radius 2 is 2.46 bits per heavy atom. The van der Waals surface area contributed by atoms with Crippen LogP contribution in [0.4, 0.5) is 0 Å². The van der Waals surface area contributed by atoms with E-state index in [-0.39, 0.29) is 5.91 Å². The van der Waals surface area contributed by atoms with Crippen LogP contribution in [0.15, 0.2) is 24.4 Å². The molecule has 0 atom stereocenters. The van der Waals surface area contributed by atoms with Gasteiger partial charge in [0.15, 0.2) is 0 Å². The molecule has 0 unspecified atom stereocenters. The average molecular weight is 172 g/mol. The van der Waals surface area contributed by atoms with Crippen LogP contribution in [-0.2, 0) is 11.3 Å². The van der Waals surface area contributed by atoms with Crippen LogP contribution in [0, 0.1) is 6.07 Å². The minimum absolute atomic E-state index is 0.0785. The molecule has 0 N–H and O–H groups in total. The van der Waals surface area contributed by atoms with Gasteiger partial charge < -0.3 is 4.90 Å². The molecule has 13 heavy (non-hydrogen) atoms. The van der Waals surface area contributed by atoms with Crippen LogP contribution in [0.3, 0.4) is 0 Å². The predicted molar refractivity (Wildman–Crippen MR) is 50.5 cm³/mol. The molecule has 0 aromatic heterocycles. The zero-order valence-electron chi connectivity index (χ0n) is 7.45. The number of benzene rings is 1. The van der Waals surface area contributed by atoms with Crippen molar-refractivity contribution in [1.29, 1.82) is 0 Å². The molecule has 2 heteroatoms. The van der Waals surface area contributed by atoms with Crippen LogP contribution in [0.2, 0.25) is 0 Å². The van der Waals surface area contributed by atoms with E-state index in [0.717, 1.165) is 5.56 Å². The molecule has 0 fully saturated rings. The molecular weight excluding hydrogens is 162 g/mol. The van der Waals surface area contributed by atoms with Crippen LogP contribution in [0.1, 0.15) is 18.1 Å². The van der Waals surface area contributed by atoms with Crippen molar-refractivity contribution in [1.82, 2.24) is 4.90 Å². The van der Waals surface area contributed by atoms with E-state index >= 15 is 0 Å². The first-order valence-corrected chi connectivity index (χ1v) is 4.22. The molecule has 1 aliphatic rings. The van der Waals surface area contributed by atoms with Crippen molar-refractivity contribution in [3.63, 3.8) is 0 Å². The van der Waals surface area contributed by atoms with Gasteiger partial charge in [-0.2, -0.15) is 0 Å². The standard InChI is InChI=1S/C11H10NO/c1-9(13)12-7-6-10-4-2-3-5-11(10)8-12/h3-7H,8H2,1H3. The van der Waals surface area contributed by atoms with Gasteiger partial charge in [-0.05, 0) is 29.3 Å². The Kier molecular flexibility index (Phi) is 1.89. The summed E-state index contributed by atoms with van der Waals surface area (Å²) in [5.41, 5.74) is 2.33. The normalized spacial score (nSPS) is 14.1. The van der Waals surface area contributed by atoms with Gasteiger partial charge in [0.1, 0.15) is 0 Å². The highest BCUT2D eigenvalue weighted by Crippen LogP contribution is 2.18. The summed E-state index contributed by atoms with van der Waals surface area (Å²) in [6, 6.07) is 8.81. The number of rotatable bonds is 0. The summed E-state index contributed by atoms with van der Waals surface area (Å²) in [6.07, 6.45) is 3.76. The fraction of sp³-hybridized carbons (Fsp3) is 0.182. The molecule has 1 aliphatic heterocycles. The van der Waals surface area contributed by atoms with Crippen molar-refractivity contribution in [2.45, 2.75) is 13.5 Å². The van der Waals surface area contributed by atoms with E-state index in [0.29, 0.717) is 6.54 Å². The number of carbonyl (C=O) groups excluding carboxylic acids is 1. The Bertz CT molecular complexity index is 368. The van der Waals surface area contributed by atoms with E-state index in [1.54, 1.807) is 11.8 Å². The van der Waals surface area contributed by atoms with Gasteiger partial charge in [-0.1, -0.05) is 12.1 Å². The molecule has 65 valence electrons. The molecule has 1 amide bonds. The van der Waals surface area contributed by atoms with Crippen LogP contribution in [0.25, 0.3) is 6.08 Å². The predicted octanol–water partition coefficient (Wildman–Crippen LogP) is 1.82. The van der Waals surface area contributed by atoms with E-state index in [1.165, 1.54) is 5.56 Å². The summed E-state index contributed by atoms with van der Waals surface area (Å²) >= 11 is 0. The molecule has 0 bridgehead atoms. The molecule has 0 spiro atoms. The molecular formula is C11H10NO. The number of hydrogen-bond donors (Lipinski definition) is 0. The molecule has 0 aliphatic carbocycles. The largest absolute Gasteiger partial charge is 0.315 e. The molecule has 1 radical (unpaired) electrons. The Morgan fingerprint density at radius 3 is 3.23 bits per heavy atom. The zero-order valence-corrected chi connectivity index (χ0v) is 7.45. The Balaban J connectivity index is 2.34. The van der Waals surface area contributed by atoms with E-state index in [2.05, 4.69) is 6.07 Å². The van der Waals surface area contributed by atoms with E-state index in [1.807, 2.05) is 30.5 Å². The second-order valence-corrected chi connectivity index (χ2v) is 3.09. The molecule has 1 aromatic rings. The molecule has 1 heterocycles. The lowest BCUT2D eigenvalue weighted by atomic mass is 10.0. The van der Waals surface area contributed by atoms with Crippen molar-refractivity contribution >= 4 is 12.0 Å². The van der Waals surface area contributed by atoms with Gasteiger partial charge in [0.2, 0.25) is 5.91 Å². The van der Waals surface area contributed by atoms with Crippen molar-refractivity contribution in [3.05, 3.63) is 41.6 Å². The maximum Gasteiger partial charge on any atom is 0.223 e. The second kappa shape index (κ2) is 3.05. The quantitative estimate of drug-likeness (QED) is 0.584. The van der Waals surface area contributed by atoms with E-state index < -0.39 is 0 Å². The smallest absolute Gasteiger partial charge is 0.223 e. The van der Waals surface area contributed by atoms with Gasteiger partial charge in [0.25, 0.3) is 0 Å². The first-order valence-electron chi connectivity index (χ1n) is 4.22. The number of carbonyl (C=O) groups is 1. The first kappa shape index (κ1) is 8.05. The monoisotopic (exact) mass is 172 g/mol. The highest BCUT2D eigenvalue weighted by Gasteiger charge is 2.11. The minimum Gasteiger partial charge on any atom is -0.315 e. The van der Waals surface area contributed by atoms with Gasteiger partial charge >= 0.3 is 0 Å². The first-order chi connectivity index (χ1) is 6.27. The van der Waals surface area contributed by atoms with Crippen molar-refractivity contribution in [2.75, 3.05) is 0 Å². The lowest BCUT2D eigenvalue weighted by Crippen LogP contribution is -2.24. The maximum atomic E-state index is 11.1. The Morgan fingerprint density at radius 1 is 1.62 bits per heavy atom. The highest BCUT2D eigenvalue weighted by atomic mass is 16.2. The number of nitrogens with zero attached hydrogens (tertiary/aromatic N) is 1. The lowest BCUT2D eigenvalue weighted by Gasteiger charge is -2.21. The summed E-state index contributed by atoms with van der Waals surface area (Å²) in [5, 5.41) is 0. The Hall–Kier alpha value is -1.57. The third-order valence-electron chi connectivity index (χ3n) is 2.17. The third-order valence-corrected chi connectivity index (χ3v) is 2.17. The summed E-state index contributed by atoms with van der Waals surface area (Å²) in [5.74, 6) is 0.0785. The van der Waals surface area contributed by atoms with E-state index in [4.69, 9.17) is 0 Å². The highest BCUT2D eigenvalue weighted by molar-refractivity contribution is 5.76. The minimum atomic E-state index is 0.0785. The fourth-order valence-electron chi connectivity index (χ4n) is 1.40. The molecule has 2 nitrogen and oxygen atoms in total. The summed E-state index contributed by atoms with van der Waals surface area (Å²) in [6.45, 7) is 2.25. The van der Waals surface area contributed by atoms with Crippen LogP contribution < -0.4 is 0 Å². The van der Waals surface area contributed by atoms with Gasteiger partial charge in [0, 0.05) is 13.1 Å². The number of hydrogen-bond acceptors (Lipinski definition) is 1. The molecule has 2 rings (SSSR count). The van der Waals surface area contributed by atoms with Crippen LogP contribution in [0.5, 0.6) is 0 Å². The third kappa shape index (κ3) is 1.47. The van der Waals surface area contributed by atoms with Crippen molar-refractivity contribution < 1.29 is 4.79 Å². The molecule has 0 saturated heterocycles. The van der Waals surface area contributed by atoms with Crippen LogP contribution in [-0.4, -0.2) is 10.8 Å². The SMILES string of the molecule is CC(=O)N1C=Cc2c[c]ccc2C1. The van der Waals surface area contributed by atoms with Crippen molar-refractivity contribution in [2.24, 2.45) is 0 Å². The van der Waals surface area contributed by atoms with Crippen LogP contribution >= 0.6 is 0 Å². The lowest BCUT2D eigenvalue weighted by molar-refractivity contribution is -0.126. The second-order valence-electron chi connectivity index (χ2n) is 3.09. The number of fused-ring (bicyclic) bond motifs is 1. The summed E-state index contributed by atoms with van der Waals surface area (Å²) in [4.78, 5) is 12.8. The van der Waals surface area contributed by atoms with Gasteiger partial charge in [0.05, 0.1) is 6.54 Å². The fourth-order valence-corrected chi connectivity index (χ4v) is 1.40. The maximum absolute atomic E-state index is 11.1. The number of amides is 1. The van der Waals surface area contributed by atoms with Gasteiger partial charge in [-0.3, -0.25) is 4.79 Å². The molecule has 1 aromatic carbocycles. The topological polar surface area (TPSA) is 20.3 Å². The zero-order chi connectivity index (χ0) is 9.26. The van der Waals surface area contributed by atoms with Gasteiger partial charge in [-0.25, -0.2) is 0 Å². The summed E-state index contributed by atoms with van der Waals surface area (Å²) in [7, 11) is 0. The average Bonchev–Trinajstić information content (AvgIpc) is 2.17. The Labute approximate surface area is 77.5 Å². The molecule has 0 saturated carbocycles. The van der Waals surface area contributed by atoms with Gasteiger partial charge in [-0.15, -0.1) is 0 Å². The van der Waals surface area contributed by atoms with Crippen molar-refractivity contribution in [3.8, 4) is 0 Å².